The fourth-order valence-corrected chi connectivity index (χ4v) is 4.42. The molecule has 0 saturated heterocycles. The molecule has 21 nitrogen and oxygen atoms in total. The van der Waals surface area contributed by atoms with Crippen LogP contribution in [0.3, 0.4) is 0 Å². The fraction of sp³-hybridized carbons (Fsp3) is 0.140. The maximum Gasteiger partial charge on any atom is 0.335 e. The number of hydrogen-bond donors (Lipinski definition) is 14. The molecule has 0 atom stereocenters. The summed E-state index contributed by atoms with van der Waals surface area (Å²) in [5, 5.41) is 117. The normalized spacial score (nSPS) is 9.33. The van der Waals surface area contributed by atoms with Gasteiger partial charge in [-0.3, -0.25) is 0 Å². The van der Waals surface area contributed by atoms with Crippen LogP contribution in [-0.4, -0.2) is 159 Å². The number of carboxylic acid groups (broad SMARTS) is 7. The molecule has 0 aliphatic carbocycles. The van der Waals surface area contributed by atoms with Crippen LogP contribution in [0.1, 0.15) is 72.5 Å². The average molecular weight is 1080 g/mol. The van der Waals surface area contributed by atoms with Gasteiger partial charge in [0, 0.05) is 0 Å². The fourth-order valence-electron chi connectivity index (χ4n) is 4.42. The van der Waals surface area contributed by atoms with Crippen molar-refractivity contribution in [2.75, 3.05) is 39.6 Å². The number of carboxylic acids is 7. The van der Waals surface area contributed by atoms with Crippen molar-refractivity contribution in [1.82, 2.24) is 0 Å². The van der Waals surface area contributed by atoms with Gasteiger partial charge in [-0.05, 0) is 84.9 Å². The van der Waals surface area contributed by atoms with Gasteiger partial charge in [-0.1, -0.05) is 127 Å². The van der Waals surface area contributed by atoms with Crippen molar-refractivity contribution in [2.45, 2.75) is 6.10 Å². The molecular formula is C57H62O21. The number of aliphatic hydroxyl groups is 7. The Hall–Kier alpha value is -9.45. The van der Waals surface area contributed by atoms with Gasteiger partial charge in [-0.2, -0.15) is 0 Å². The van der Waals surface area contributed by atoms with Crippen LogP contribution < -0.4 is 0 Å². The highest BCUT2D eigenvalue weighted by Crippen LogP contribution is 2.12. The summed E-state index contributed by atoms with van der Waals surface area (Å²) in [5.74, 6) is -6.15. The molecule has 0 aromatic heterocycles. The maximum atomic E-state index is 10.2. The lowest BCUT2D eigenvalue weighted by atomic mass is 9.93. The van der Waals surface area contributed by atoms with Crippen LogP contribution in [0.2, 0.25) is 0 Å². The summed E-state index contributed by atoms with van der Waals surface area (Å²) < 4.78 is 0. The first-order valence-corrected chi connectivity index (χ1v) is 22.5. The molecule has 0 bridgehead atoms. The molecule has 0 fully saturated rings. The second-order valence-corrected chi connectivity index (χ2v) is 14.8. The van der Waals surface area contributed by atoms with Gasteiger partial charge < -0.3 is 71.5 Å². The number of rotatable bonds is 13. The van der Waals surface area contributed by atoms with E-state index in [-0.39, 0.29) is 13.2 Å². The van der Waals surface area contributed by atoms with Crippen LogP contribution in [0.5, 0.6) is 0 Å². The Bertz CT molecular complexity index is 2170. The molecule has 0 unspecified atom stereocenters. The highest BCUT2D eigenvalue weighted by molar-refractivity contribution is 5.90. The van der Waals surface area contributed by atoms with Crippen molar-refractivity contribution in [3.8, 4) is 0 Å². The van der Waals surface area contributed by atoms with Gasteiger partial charge in [0.15, 0.2) is 0 Å². The largest absolute Gasteiger partial charge is 0.478 e. The Kier molecular flexibility index (Phi) is 39.8. The molecule has 7 rings (SSSR count). The minimum Gasteiger partial charge on any atom is -0.478 e. The Morgan fingerprint density at radius 1 is 0.256 bits per heavy atom. The molecule has 0 amide bonds. The summed E-state index contributed by atoms with van der Waals surface area (Å²) in [6, 6.07) is 58.1. The predicted octanol–water partition coefficient (Wildman–Crippen LogP) is 5.97. The lowest BCUT2D eigenvalue weighted by molar-refractivity contribution is -0.0328. The van der Waals surface area contributed by atoms with E-state index in [1.807, 2.05) is 0 Å². The molecule has 78 heavy (non-hydrogen) atoms. The minimum absolute atomic E-state index is 0.331. The molecule has 7 aromatic rings. The summed E-state index contributed by atoms with van der Waals surface area (Å²) >= 11 is 0. The molecule has 0 aliphatic rings. The number of carbonyl (C=O) groups is 7. The zero-order valence-corrected chi connectivity index (χ0v) is 41.6. The summed E-state index contributed by atoms with van der Waals surface area (Å²) in [4.78, 5) is 71.4. The standard InChI is InChI=1S/7C7H6O2.C5H12O4.C3H8O3/c7*8-7(9)6-4-2-1-3-5-6;6-1-5(2-7,3-8)4-9;4-1-3(6)2-5/h7*1-5H,(H,8,9);6-9H,1-4H2;3-6H,1-2H2. The van der Waals surface area contributed by atoms with Gasteiger partial charge >= 0.3 is 41.8 Å². The molecule has 14 N–H and O–H groups in total. The van der Waals surface area contributed by atoms with Crippen LogP contribution in [0, 0.1) is 5.41 Å². The maximum absolute atomic E-state index is 10.2. The number of aliphatic hydroxyl groups excluding tert-OH is 7. The topological polar surface area (TPSA) is 403 Å². The Balaban J connectivity index is 0. The number of benzene rings is 7. The molecule has 0 heterocycles. The van der Waals surface area contributed by atoms with Crippen molar-refractivity contribution in [3.05, 3.63) is 251 Å². The molecule has 0 spiro atoms. The summed E-state index contributed by atoms with van der Waals surface area (Å²) in [5.41, 5.74) is 1.21. The highest BCUT2D eigenvalue weighted by atomic mass is 16.4. The molecule has 21 heteroatoms. The highest BCUT2D eigenvalue weighted by Gasteiger charge is 2.26. The first-order chi connectivity index (χ1) is 37.2. The molecule has 416 valence electrons. The molecule has 0 radical (unpaired) electrons. The Morgan fingerprint density at radius 3 is 0.410 bits per heavy atom. The van der Waals surface area contributed by atoms with Crippen LogP contribution >= 0.6 is 0 Å². The molecular weight excluding hydrogens is 1020 g/mol. The van der Waals surface area contributed by atoms with Gasteiger partial charge in [0.05, 0.1) is 84.0 Å². The Labute approximate surface area is 448 Å². The van der Waals surface area contributed by atoms with Crippen molar-refractivity contribution in [3.63, 3.8) is 0 Å². The quantitative estimate of drug-likeness (QED) is 0.0632. The summed E-state index contributed by atoms with van der Waals surface area (Å²) in [6.45, 7) is -2.35. The third-order valence-electron chi connectivity index (χ3n) is 8.91. The van der Waals surface area contributed by atoms with E-state index in [1.165, 1.54) is 0 Å². The van der Waals surface area contributed by atoms with Gasteiger partial charge in [0.2, 0.25) is 0 Å². The second kappa shape index (κ2) is 43.9. The van der Waals surface area contributed by atoms with E-state index < -0.39 is 79.7 Å². The van der Waals surface area contributed by atoms with Crippen molar-refractivity contribution in [1.29, 1.82) is 0 Å². The molecule has 0 saturated carbocycles. The van der Waals surface area contributed by atoms with E-state index >= 15 is 0 Å². The lowest BCUT2D eigenvalue weighted by Crippen LogP contribution is -2.37. The van der Waals surface area contributed by atoms with E-state index in [4.69, 9.17) is 71.5 Å². The third kappa shape index (κ3) is 34.9. The monoisotopic (exact) mass is 1080 g/mol. The minimum atomic E-state index is -1.11. The first-order valence-electron chi connectivity index (χ1n) is 22.5. The Morgan fingerprint density at radius 2 is 0.372 bits per heavy atom. The average Bonchev–Trinajstić information content (AvgIpc) is 3.48. The van der Waals surface area contributed by atoms with Crippen LogP contribution in [-0.2, 0) is 0 Å². The van der Waals surface area contributed by atoms with Crippen molar-refractivity contribution < 1.29 is 105 Å². The van der Waals surface area contributed by atoms with E-state index in [2.05, 4.69) is 0 Å². The summed E-state index contributed by atoms with van der Waals surface area (Å²) in [6.07, 6.45) is -0.954. The van der Waals surface area contributed by atoms with E-state index in [9.17, 15) is 33.6 Å². The predicted molar refractivity (Wildman–Crippen MR) is 285 cm³/mol. The second-order valence-electron chi connectivity index (χ2n) is 14.8. The molecule has 0 aliphatic heterocycles. The summed E-state index contributed by atoms with van der Waals surface area (Å²) in [7, 11) is 0. The van der Waals surface area contributed by atoms with Crippen molar-refractivity contribution >= 4 is 41.8 Å². The SMILES string of the molecule is O=C(O)c1ccccc1.O=C(O)c1ccccc1.O=C(O)c1ccccc1.O=C(O)c1ccccc1.O=C(O)c1ccccc1.O=C(O)c1ccccc1.O=C(O)c1ccccc1.OCC(CO)(CO)CO.OCC(O)CO. The number of hydrogen-bond acceptors (Lipinski definition) is 14. The van der Waals surface area contributed by atoms with Gasteiger partial charge in [0.1, 0.15) is 6.10 Å². The third-order valence-corrected chi connectivity index (χ3v) is 8.91. The van der Waals surface area contributed by atoms with Crippen LogP contribution in [0.4, 0.5) is 0 Å². The van der Waals surface area contributed by atoms with E-state index in [0.29, 0.717) is 38.9 Å². The van der Waals surface area contributed by atoms with Crippen molar-refractivity contribution in [2.24, 2.45) is 5.41 Å². The van der Waals surface area contributed by atoms with Gasteiger partial charge in [-0.25, -0.2) is 33.6 Å². The zero-order chi connectivity index (χ0) is 59.2. The number of aromatic carboxylic acids is 7. The van der Waals surface area contributed by atoms with Gasteiger partial charge in [0.25, 0.3) is 0 Å². The first kappa shape index (κ1) is 70.6. The lowest BCUT2D eigenvalue weighted by Gasteiger charge is -2.23. The molecule has 7 aromatic carbocycles. The smallest absolute Gasteiger partial charge is 0.335 e. The zero-order valence-electron chi connectivity index (χ0n) is 41.6. The van der Waals surface area contributed by atoms with Crippen LogP contribution in [0.15, 0.2) is 212 Å². The van der Waals surface area contributed by atoms with Crippen LogP contribution in [0.25, 0.3) is 0 Å². The van der Waals surface area contributed by atoms with E-state index in [0.717, 1.165) is 0 Å². The van der Waals surface area contributed by atoms with E-state index in [1.54, 1.807) is 212 Å². The van der Waals surface area contributed by atoms with Gasteiger partial charge in [-0.15, -0.1) is 0 Å².